The van der Waals surface area contributed by atoms with Crippen LogP contribution in [-0.2, 0) is 0 Å². The number of hydrogen-bond donors (Lipinski definition) is 1. The number of aromatic nitrogens is 2. The Balaban J connectivity index is 3.03. The summed E-state index contributed by atoms with van der Waals surface area (Å²) in [6, 6.07) is 1.33. The summed E-state index contributed by atoms with van der Waals surface area (Å²) >= 11 is 1.41. The van der Waals surface area contributed by atoms with E-state index in [0.717, 1.165) is 5.69 Å². The molecule has 12 heavy (non-hydrogen) atoms. The van der Waals surface area contributed by atoms with Gasteiger partial charge in [0.15, 0.2) is 4.96 Å². The molecule has 2 N–H and O–H groups in total. The Labute approximate surface area is 72.3 Å². The second kappa shape index (κ2) is 2.31. The molecule has 0 unspecified atom stereocenters. The van der Waals surface area contributed by atoms with Gasteiger partial charge in [-0.1, -0.05) is 0 Å². The van der Waals surface area contributed by atoms with Crippen molar-refractivity contribution in [2.24, 2.45) is 0 Å². The van der Waals surface area contributed by atoms with E-state index in [0.29, 0.717) is 4.96 Å². The van der Waals surface area contributed by atoms with Gasteiger partial charge in [-0.05, 0) is 6.92 Å². The monoisotopic (exact) mass is 181 g/mol. The van der Waals surface area contributed by atoms with Gasteiger partial charge in [-0.3, -0.25) is 9.20 Å². The second-order valence-electron chi connectivity index (χ2n) is 2.51. The molecule has 0 aliphatic rings. The molecule has 0 amide bonds. The minimum Gasteiger partial charge on any atom is -0.383 e. The molecule has 0 spiro atoms. The van der Waals surface area contributed by atoms with E-state index in [-0.39, 0.29) is 11.4 Å². The Hall–Kier alpha value is -1.36. The zero-order valence-corrected chi connectivity index (χ0v) is 7.26. The molecule has 0 saturated heterocycles. The Bertz CT molecular complexity index is 485. The molecule has 62 valence electrons. The lowest BCUT2D eigenvalue weighted by molar-refractivity contribution is 1.03. The number of rotatable bonds is 0. The quantitative estimate of drug-likeness (QED) is 0.649. The van der Waals surface area contributed by atoms with Crippen molar-refractivity contribution in [2.75, 3.05) is 5.73 Å². The third-order valence-electron chi connectivity index (χ3n) is 1.60. The highest BCUT2D eigenvalue weighted by molar-refractivity contribution is 7.15. The topological polar surface area (TPSA) is 60.4 Å². The van der Waals surface area contributed by atoms with E-state index in [1.807, 2.05) is 12.3 Å². The smallest absolute Gasteiger partial charge is 0.260 e. The zero-order chi connectivity index (χ0) is 8.72. The molecular formula is C7H7N3OS. The zero-order valence-electron chi connectivity index (χ0n) is 6.44. The maximum atomic E-state index is 11.3. The third kappa shape index (κ3) is 0.902. The highest BCUT2D eigenvalue weighted by Crippen LogP contribution is 2.11. The summed E-state index contributed by atoms with van der Waals surface area (Å²) in [5.41, 5.74) is 6.20. The minimum atomic E-state index is -0.115. The lowest BCUT2D eigenvalue weighted by Gasteiger charge is -1.94. The highest BCUT2D eigenvalue weighted by Gasteiger charge is 2.03. The first kappa shape index (κ1) is 7.30. The predicted octanol–water partition coefficient (Wildman–Crippen LogP) is 0.647. The van der Waals surface area contributed by atoms with E-state index < -0.39 is 0 Å². The molecule has 0 aliphatic heterocycles. The summed E-state index contributed by atoms with van der Waals surface area (Å²) in [6.45, 7) is 1.86. The molecule has 2 rings (SSSR count). The van der Waals surface area contributed by atoms with Gasteiger partial charge in [-0.25, -0.2) is 4.98 Å². The Morgan fingerprint density at radius 2 is 2.42 bits per heavy atom. The van der Waals surface area contributed by atoms with Crippen LogP contribution in [0.25, 0.3) is 4.96 Å². The van der Waals surface area contributed by atoms with Crippen LogP contribution >= 0.6 is 11.3 Å². The normalized spacial score (nSPS) is 10.8. The molecule has 2 aromatic rings. The summed E-state index contributed by atoms with van der Waals surface area (Å²) in [5, 5.41) is 1.88. The minimum absolute atomic E-state index is 0.115. The predicted molar refractivity (Wildman–Crippen MR) is 48.5 cm³/mol. The van der Waals surface area contributed by atoms with E-state index >= 15 is 0 Å². The van der Waals surface area contributed by atoms with Crippen molar-refractivity contribution in [3.8, 4) is 0 Å². The van der Waals surface area contributed by atoms with Crippen molar-refractivity contribution in [3.63, 3.8) is 0 Å². The van der Waals surface area contributed by atoms with Crippen LogP contribution in [0.3, 0.4) is 0 Å². The fourth-order valence-electron chi connectivity index (χ4n) is 1.07. The van der Waals surface area contributed by atoms with E-state index in [1.165, 1.54) is 17.4 Å². The maximum Gasteiger partial charge on any atom is 0.260 e. The summed E-state index contributed by atoms with van der Waals surface area (Å²) in [7, 11) is 0. The SMILES string of the molecule is Cc1csc2nc(N)cc(=O)n12. The molecule has 0 saturated carbocycles. The first-order valence-electron chi connectivity index (χ1n) is 3.42. The van der Waals surface area contributed by atoms with E-state index in [4.69, 9.17) is 5.73 Å². The molecule has 0 atom stereocenters. The molecule has 5 heteroatoms. The number of anilines is 1. The molecule has 0 aromatic carbocycles. The van der Waals surface area contributed by atoms with Gasteiger partial charge >= 0.3 is 0 Å². The molecule has 0 aliphatic carbocycles. The molecule has 4 nitrogen and oxygen atoms in total. The van der Waals surface area contributed by atoms with Crippen molar-refractivity contribution in [3.05, 3.63) is 27.5 Å². The number of fused-ring (bicyclic) bond motifs is 1. The van der Waals surface area contributed by atoms with Crippen LogP contribution in [-0.4, -0.2) is 9.38 Å². The van der Waals surface area contributed by atoms with E-state index in [1.54, 1.807) is 4.40 Å². The molecule has 2 heterocycles. The molecule has 2 aromatic heterocycles. The molecular weight excluding hydrogens is 174 g/mol. The largest absolute Gasteiger partial charge is 0.383 e. The average molecular weight is 181 g/mol. The summed E-state index contributed by atoms with van der Waals surface area (Å²) in [5.74, 6) is 0.279. The first-order valence-corrected chi connectivity index (χ1v) is 4.30. The maximum absolute atomic E-state index is 11.3. The van der Waals surface area contributed by atoms with Gasteiger partial charge in [0, 0.05) is 17.1 Å². The van der Waals surface area contributed by atoms with Gasteiger partial charge in [0.2, 0.25) is 0 Å². The van der Waals surface area contributed by atoms with E-state index in [2.05, 4.69) is 4.98 Å². The van der Waals surface area contributed by atoms with Gasteiger partial charge in [0.25, 0.3) is 5.56 Å². The number of nitrogens with zero attached hydrogens (tertiary/aromatic N) is 2. The van der Waals surface area contributed by atoms with Crippen LogP contribution in [0.4, 0.5) is 5.82 Å². The number of aryl methyl sites for hydroxylation is 1. The summed E-state index contributed by atoms with van der Waals surface area (Å²) < 4.78 is 1.54. The van der Waals surface area contributed by atoms with Crippen LogP contribution in [0.1, 0.15) is 5.69 Å². The van der Waals surface area contributed by atoms with Gasteiger partial charge in [-0.2, -0.15) is 0 Å². The van der Waals surface area contributed by atoms with Crippen molar-refractivity contribution >= 4 is 22.1 Å². The molecule has 0 radical (unpaired) electrons. The van der Waals surface area contributed by atoms with Crippen LogP contribution in [0.2, 0.25) is 0 Å². The van der Waals surface area contributed by atoms with Gasteiger partial charge in [0.05, 0.1) is 0 Å². The number of hydrogen-bond acceptors (Lipinski definition) is 4. The van der Waals surface area contributed by atoms with Gasteiger partial charge < -0.3 is 5.73 Å². The molecule has 0 bridgehead atoms. The van der Waals surface area contributed by atoms with Crippen LogP contribution < -0.4 is 11.3 Å². The third-order valence-corrected chi connectivity index (χ3v) is 2.54. The van der Waals surface area contributed by atoms with Crippen molar-refractivity contribution in [1.82, 2.24) is 9.38 Å². The lowest BCUT2D eigenvalue weighted by atomic mass is 10.5. The first-order chi connectivity index (χ1) is 5.68. The standard InChI is InChI=1S/C7H7N3OS/c1-4-3-12-7-9-5(8)2-6(11)10(4)7/h2-3H,8H2,1H3. The van der Waals surface area contributed by atoms with Crippen molar-refractivity contribution in [1.29, 1.82) is 0 Å². The number of nitrogen functional groups attached to an aromatic ring is 1. The second-order valence-corrected chi connectivity index (χ2v) is 3.35. The van der Waals surface area contributed by atoms with Crippen LogP contribution in [0.5, 0.6) is 0 Å². The Morgan fingerprint density at radius 1 is 1.67 bits per heavy atom. The Kier molecular flexibility index (Phi) is 1.41. The Morgan fingerprint density at radius 3 is 3.17 bits per heavy atom. The summed E-state index contributed by atoms with van der Waals surface area (Å²) in [6.07, 6.45) is 0. The highest BCUT2D eigenvalue weighted by atomic mass is 32.1. The lowest BCUT2D eigenvalue weighted by Crippen LogP contribution is -2.14. The van der Waals surface area contributed by atoms with Crippen LogP contribution in [0.15, 0.2) is 16.2 Å². The average Bonchev–Trinajstić information content (AvgIpc) is 2.31. The van der Waals surface area contributed by atoms with Crippen molar-refractivity contribution in [2.45, 2.75) is 6.92 Å². The van der Waals surface area contributed by atoms with Crippen molar-refractivity contribution < 1.29 is 0 Å². The molecule has 0 fully saturated rings. The number of thiazole rings is 1. The fourth-order valence-corrected chi connectivity index (χ4v) is 1.95. The van der Waals surface area contributed by atoms with Gasteiger partial charge in [0.1, 0.15) is 5.82 Å². The summed E-state index contributed by atoms with van der Waals surface area (Å²) in [4.78, 5) is 16.0. The van der Waals surface area contributed by atoms with Gasteiger partial charge in [-0.15, -0.1) is 11.3 Å². The van der Waals surface area contributed by atoms with Crippen LogP contribution in [0, 0.1) is 6.92 Å². The fraction of sp³-hybridized carbons (Fsp3) is 0.143. The number of nitrogens with two attached hydrogens (primary N) is 1. The van der Waals surface area contributed by atoms with E-state index in [9.17, 15) is 4.79 Å².